The van der Waals surface area contributed by atoms with Gasteiger partial charge >= 0.3 is 0 Å². The highest BCUT2D eigenvalue weighted by atomic mass is 127. The van der Waals surface area contributed by atoms with Gasteiger partial charge in [-0.05, 0) is 38.5 Å². The van der Waals surface area contributed by atoms with Gasteiger partial charge in [-0.15, -0.1) is 24.0 Å². The summed E-state index contributed by atoms with van der Waals surface area (Å²) in [5.74, 6) is 2.46. The second-order valence-electron chi connectivity index (χ2n) is 6.59. The van der Waals surface area contributed by atoms with E-state index < -0.39 is 0 Å². The molecule has 0 saturated carbocycles. The van der Waals surface area contributed by atoms with Crippen LogP contribution in [0.5, 0.6) is 0 Å². The van der Waals surface area contributed by atoms with E-state index >= 15 is 0 Å². The molecule has 23 heavy (non-hydrogen) atoms. The monoisotopic (exact) mass is 439 g/mol. The number of piperidine rings is 1. The third kappa shape index (κ3) is 8.03. The minimum absolute atomic E-state index is 0. The van der Waals surface area contributed by atoms with Gasteiger partial charge in [-0.1, -0.05) is 6.92 Å². The maximum atomic E-state index is 5.74. The summed E-state index contributed by atoms with van der Waals surface area (Å²) in [6.07, 6.45) is 4.76. The van der Waals surface area contributed by atoms with Crippen molar-refractivity contribution in [2.45, 2.75) is 39.5 Å². The van der Waals surface area contributed by atoms with E-state index in [2.05, 4.69) is 24.1 Å². The number of aliphatic imine (C=N–C) groups is 1. The van der Waals surface area contributed by atoms with E-state index in [1.807, 2.05) is 0 Å². The number of hydrogen-bond acceptors (Lipinski definition) is 3. The number of ether oxygens (including phenoxy) is 2. The maximum absolute atomic E-state index is 5.74. The third-order valence-electron chi connectivity index (χ3n) is 4.38. The van der Waals surface area contributed by atoms with Crippen LogP contribution in [0.15, 0.2) is 4.99 Å². The van der Waals surface area contributed by atoms with Crippen LogP contribution >= 0.6 is 24.0 Å². The van der Waals surface area contributed by atoms with E-state index in [1.54, 1.807) is 0 Å². The summed E-state index contributed by atoms with van der Waals surface area (Å²) < 4.78 is 11.1. The van der Waals surface area contributed by atoms with Crippen molar-refractivity contribution in [2.75, 3.05) is 52.6 Å². The molecule has 2 unspecified atom stereocenters. The third-order valence-corrected chi connectivity index (χ3v) is 4.38. The largest absolute Gasteiger partial charge is 0.381 e. The van der Waals surface area contributed by atoms with Crippen LogP contribution in [0.1, 0.15) is 39.5 Å². The highest BCUT2D eigenvalue weighted by molar-refractivity contribution is 14.0. The van der Waals surface area contributed by atoms with Crippen LogP contribution in [0.4, 0.5) is 0 Å². The number of nitrogens with zero attached hydrogens (tertiary/aromatic N) is 2. The first-order valence-corrected chi connectivity index (χ1v) is 8.98. The van der Waals surface area contributed by atoms with Crippen LogP contribution in [-0.4, -0.2) is 63.5 Å². The zero-order valence-electron chi connectivity index (χ0n) is 14.8. The number of nitrogens with one attached hydrogen (secondary N) is 1. The summed E-state index contributed by atoms with van der Waals surface area (Å²) >= 11 is 0. The fraction of sp³-hybridized carbons (Fsp3) is 0.941. The number of guanidine groups is 1. The second-order valence-corrected chi connectivity index (χ2v) is 6.59. The molecule has 2 saturated heterocycles. The van der Waals surface area contributed by atoms with Gasteiger partial charge in [-0.3, -0.25) is 4.99 Å². The summed E-state index contributed by atoms with van der Waals surface area (Å²) in [6, 6.07) is 0. The van der Waals surface area contributed by atoms with Crippen LogP contribution in [0, 0.1) is 11.8 Å². The van der Waals surface area contributed by atoms with Crippen molar-refractivity contribution >= 4 is 29.9 Å². The van der Waals surface area contributed by atoms with Gasteiger partial charge in [-0.25, -0.2) is 0 Å². The molecule has 5 nitrogen and oxygen atoms in total. The summed E-state index contributed by atoms with van der Waals surface area (Å²) in [4.78, 5) is 7.18. The van der Waals surface area contributed by atoms with Crippen molar-refractivity contribution in [3.63, 3.8) is 0 Å². The molecule has 0 aliphatic carbocycles. The Labute approximate surface area is 158 Å². The van der Waals surface area contributed by atoms with Crippen LogP contribution < -0.4 is 5.32 Å². The summed E-state index contributed by atoms with van der Waals surface area (Å²) in [5.41, 5.74) is 0. The molecular formula is C17H34IN3O2. The number of rotatable bonds is 7. The van der Waals surface area contributed by atoms with Gasteiger partial charge in [0.05, 0.1) is 13.2 Å². The van der Waals surface area contributed by atoms with Crippen molar-refractivity contribution in [1.82, 2.24) is 10.2 Å². The summed E-state index contributed by atoms with van der Waals surface area (Å²) in [7, 11) is 0. The molecule has 2 heterocycles. The fourth-order valence-corrected chi connectivity index (χ4v) is 3.12. The molecule has 0 spiro atoms. The van der Waals surface area contributed by atoms with Gasteiger partial charge in [0, 0.05) is 45.3 Å². The Morgan fingerprint density at radius 3 is 2.96 bits per heavy atom. The van der Waals surface area contributed by atoms with E-state index in [4.69, 9.17) is 14.5 Å². The van der Waals surface area contributed by atoms with E-state index in [1.165, 1.54) is 12.8 Å². The molecule has 1 N–H and O–H groups in total. The number of halogens is 1. The predicted octanol–water partition coefficient (Wildman–Crippen LogP) is 2.75. The first kappa shape index (κ1) is 21.0. The lowest BCUT2D eigenvalue weighted by atomic mass is 10.0. The van der Waals surface area contributed by atoms with Crippen LogP contribution in [0.2, 0.25) is 0 Å². The quantitative estimate of drug-likeness (QED) is 0.287. The summed E-state index contributed by atoms with van der Waals surface area (Å²) in [6.45, 7) is 11.9. The number of likely N-dealkylation sites (tertiary alicyclic amines) is 1. The molecule has 2 aliphatic heterocycles. The first-order valence-electron chi connectivity index (χ1n) is 8.98. The molecule has 0 aromatic rings. The molecule has 2 aliphatic rings. The van der Waals surface area contributed by atoms with Gasteiger partial charge in [0.1, 0.15) is 0 Å². The zero-order chi connectivity index (χ0) is 15.6. The highest BCUT2D eigenvalue weighted by Crippen LogP contribution is 2.15. The molecule has 0 amide bonds. The SMILES string of the molecule is CCNC(=NCCCOCC1CCOC1)N1CCCC(C)C1.I. The topological polar surface area (TPSA) is 46.1 Å². The first-order chi connectivity index (χ1) is 10.8. The smallest absolute Gasteiger partial charge is 0.193 e. The normalized spacial score (nSPS) is 25.3. The lowest BCUT2D eigenvalue weighted by Crippen LogP contribution is -2.46. The van der Waals surface area contributed by atoms with Crippen LogP contribution in [0.25, 0.3) is 0 Å². The zero-order valence-corrected chi connectivity index (χ0v) is 17.1. The predicted molar refractivity (Wildman–Crippen MR) is 106 cm³/mol. The molecule has 136 valence electrons. The van der Waals surface area contributed by atoms with Gasteiger partial charge in [-0.2, -0.15) is 0 Å². The minimum Gasteiger partial charge on any atom is -0.381 e. The van der Waals surface area contributed by atoms with Crippen LogP contribution in [-0.2, 0) is 9.47 Å². The van der Waals surface area contributed by atoms with Gasteiger partial charge < -0.3 is 19.7 Å². The Bertz CT molecular complexity index is 336. The average molecular weight is 439 g/mol. The van der Waals surface area contributed by atoms with E-state index in [9.17, 15) is 0 Å². The average Bonchev–Trinajstić information content (AvgIpc) is 3.03. The van der Waals surface area contributed by atoms with E-state index in [0.29, 0.717) is 5.92 Å². The Morgan fingerprint density at radius 2 is 2.26 bits per heavy atom. The van der Waals surface area contributed by atoms with E-state index in [0.717, 1.165) is 77.3 Å². The number of hydrogen-bond donors (Lipinski definition) is 1. The van der Waals surface area contributed by atoms with Crippen molar-refractivity contribution < 1.29 is 9.47 Å². The molecule has 0 aromatic carbocycles. The van der Waals surface area contributed by atoms with Crippen molar-refractivity contribution in [3.8, 4) is 0 Å². The Hall–Kier alpha value is -0.0800. The summed E-state index contributed by atoms with van der Waals surface area (Å²) in [5, 5.41) is 3.43. The van der Waals surface area contributed by atoms with Crippen LogP contribution in [0.3, 0.4) is 0 Å². The van der Waals surface area contributed by atoms with E-state index in [-0.39, 0.29) is 24.0 Å². The Kier molecular flexibility index (Phi) is 11.2. The van der Waals surface area contributed by atoms with Gasteiger partial charge in [0.25, 0.3) is 0 Å². The maximum Gasteiger partial charge on any atom is 0.193 e. The van der Waals surface area contributed by atoms with Gasteiger partial charge in [0.2, 0.25) is 0 Å². The molecule has 0 aromatic heterocycles. The van der Waals surface area contributed by atoms with Gasteiger partial charge in [0.15, 0.2) is 5.96 Å². The molecule has 2 atom stereocenters. The van der Waals surface area contributed by atoms with Crippen molar-refractivity contribution in [3.05, 3.63) is 0 Å². The fourth-order valence-electron chi connectivity index (χ4n) is 3.12. The van der Waals surface area contributed by atoms with Crippen molar-refractivity contribution in [2.24, 2.45) is 16.8 Å². The standard InChI is InChI=1S/C17H33N3O2.HI/c1-3-18-17(20-9-4-6-15(2)12-20)19-8-5-10-21-13-16-7-11-22-14-16;/h15-16H,3-14H2,1-2H3,(H,18,19);1H. The van der Waals surface area contributed by atoms with Crippen molar-refractivity contribution in [1.29, 1.82) is 0 Å². The molecule has 0 bridgehead atoms. The minimum atomic E-state index is 0. The molecule has 2 rings (SSSR count). The Balaban J connectivity index is 0.00000264. The molecule has 0 radical (unpaired) electrons. The lowest BCUT2D eigenvalue weighted by Gasteiger charge is -2.33. The highest BCUT2D eigenvalue weighted by Gasteiger charge is 2.19. The second kappa shape index (κ2) is 12.3. The molecular weight excluding hydrogens is 405 g/mol. The molecule has 2 fully saturated rings. The Morgan fingerprint density at radius 1 is 1.39 bits per heavy atom. The molecule has 6 heteroatoms. The lowest BCUT2D eigenvalue weighted by molar-refractivity contribution is 0.0892.